The van der Waals surface area contributed by atoms with E-state index in [0.29, 0.717) is 12.5 Å². The van der Waals surface area contributed by atoms with Crippen LogP contribution in [0, 0.1) is 11.8 Å². The number of hydrogen-bond acceptors (Lipinski definition) is 4. The largest absolute Gasteiger partial charge is 0.469 e. The third-order valence-corrected chi connectivity index (χ3v) is 2.90. The Bertz CT molecular complexity index is 229. The number of esters is 2. The van der Waals surface area contributed by atoms with E-state index >= 15 is 0 Å². The van der Waals surface area contributed by atoms with Crippen LogP contribution in [0.2, 0.25) is 0 Å². The van der Waals surface area contributed by atoms with Crippen molar-refractivity contribution < 1.29 is 19.1 Å². The van der Waals surface area contributed by atoms with E-state index in [1.54, 1.807) is 0 Å². The van der Waals surface area contributed by atoms with Gasteiger partial charge in [0.15, 0.2) is 0 Å². The molecule has 0 heterocycles. The first-order valence-corrected chi connectivity index (χ1v) is 5.34. The molecule has 0 aromatic rings. The molecule has 0 unspecified atom stereocenters. The van der Waals surface area contributed by atoms with Gasteiger partial charge in [0, 0.05) is 6.92 Å². The fourth-order valence-corrected chi connectivity index (χ4v) is 1.97. The Morgan fingerprint density at radius 3 is 2.27 bits per heavy atom. The summed E-state index contributed by atoms with van der Waals surface area (Å²) in [6.45, 7) is 1.91. The quantitative estimate of drug-likeness (QED) is 0.668. The monoisotopic (exact) mass is 214 g/mol. The summed E-state index contributed by atoms with van der Waals surface area (Å²) in [4.78, 5) is 21.8. The van der Waals surface area contributed by atoms with Gasteiger partial charge in [-0.3, -0.25) is 9.59 Å². The third kappa shape index (κ3) is 3.90. The molecule has 1 aliphatic rings. The Balaban J connectivity index is 2.23. The van der Waals surface area contributed by atoms with Gasteiger partial charge < -0.3 is 9.47 Å². The molecule has 1 rings (SSSR count). The number of rotatable bonds is 3. The molecule has 0 aromatic carbocycles. The molecule has 0 atom stereocenters. The van der Waals surface area contributed by atoms with Crippen molar-refractivity contribution in [3.63, 3.8) is 0 Å². The summed E-state index contributed by atoms with van der Waals surface area (Å²) in [5.41, 5.74) is 0. The summed E-state index contributed by atoms with van der Waals surface area (Å²) in [5, 5.41) is 0. The molecule has 0 amide bonds. The minimum Gasteiger partial charge on any atom is -0.469 e. The Labute approximate surface area is 89.9 Å². The molecule has 4 heteroatoms. The number of hydrogen-bond donors (Lipinski definition) is 0. The maximum absolute atomic E-state index is 11.2. The lowest BCUT2D eigenvalue weighted by molar-refractivity contribution is -0.148. The van der Waals surface area contributed by atoms with Crippen LogP contribution in [0.4, 0.5) is 0 Å². The van der Waals surface area contributed by atoms with E-state index < -0.39 is 0 Å². The van der Waals surface area contributed by atoms with Crippen LogP contribution in [-0.2, 0) is 19.1 Å². The van der Waals surface area contributed by atoms with Crippen LogP contribution in [-0.4, -0.2) is 25.7 Å². The van der Waals surface area contributed by atoms with Crippen LogP contribution in [0.25, 0.3) is 0 Å². The summed E-state index contributed by atoms with van der Waals surface area (Å²) in [7, 11) is 1.42. The van der Waals surface area contributed by atoms with Crippen LogP contribution in [0.3, 0.4) is 0 Å². The second-order valence-corrected chi connectivity index (χ2v) is 4.04. The first-order valence-electron chi connectivity index (χ1n) is 5.34. The van der Waals surface area contributed by atoms with Gasteiger partial charge in [-0.05, 0) is 31.6 Å². The predicted octanol–water partition coefficient (Wildman–Crippen LogP) is 1.53. The van der Waals surface area contributed by atoms with E-state index in [1.165, 1.54) is 14.0 Å². The molecule has 0 bridgehead atoms. The molecule has 4 nitrogen and oxygen atoms in total. The SMILES string of the molecule is COC(=O)C1CCC(COC(C)=O)CC1. The lowest BCUT2D eigenvalue weighted by Gasteiger charge is -2.26. The second-order valence-electron chi connectivity index (χ2n) is 4.04. The topological polar surface area (TPSA) is 52.6 Å². The van der Waals surface area contributed by atoms with Crippen molar-refractivity contribution in [3.8, 4) is 0 Å². The molecule has 1 aliphatic carbocycles. The average Bonchev–Trinajstić information content (AvgIpc) is 2.26. The molecular formula is C11H18O4. The lowest BCUT2D eigenvalue weighted by Crippen LogP contribution is -2.25. The molecule has 0 aliphatic heterocycles. The molecule has 1 saturated carbocycles. The lowest BCUT2D eigenvalue weighted by atomic mass is 9.82. The zero-order valence-electron chi connectivity index (χ0n) is 9.32. The predicted molar refractivity (Wildman–Crippen MR) is 54.1 cm³/mol. The number of carbonyl (C=O) groups is 2. The highest BCUT2D eigenvalue weighted by atomic mass is 16.5. The highest BCUT2D eigenvalue weighted by molar-refractivity contribution is 5.72. The fourth-order valence-electron chi connectivity index (χ4n) is 1.97. The molecule has 0 radical (unpaired) electrons. The molecule has 0 aromatic heterocycles. The van der Waals surface area contributed by atoms with Crippen molar-refractivity contribution in [2.75, 3.05) is 13.7 Å². The Morgan fingerprint density at radius 1 is 1.20 bits per heavy atom. The molecule has 86 valence electrons. The van der Waals surface area contributed by atoms with E-state index in [-0.39, 0.29) is 17.9 Å². The maximum Gasteiger partial charge on any atom is 0.308 e. The van der Waals surface area contributed by atoms with Crippen molar-refractivity contribution in [2.45, 2.75) is 32.6 Å². The van der Waals surface area contributed by atoms with Gasteiger partial charge >= 0.3 is 11.9 Å². The Kier molecular flexibility index (Phi) is 4.59. The molecule has 1 fully saturated rings. The Hall–Kier alpha value is -1.06. The Morgan fingerprint density at radius 2 is 1.80 bits per heavy atom. The summed E-state index contributed by atoms with van der Waals surface area (Å²) >= 11 is 0. The maximum atomic E-state index is 11.2. The zero-order valence-corrected chi connectivity index (χ0v) is 9.32. The van der Waals surface area contributed by atoms with E-state index in [4.69, 9.17) is 9.47 Å². The first kappa shape index (κ1) is 12.0. The fraction of sp³-hybridized carbons (Fsp3) is 0.818. The highest BCUT2D eigenvalue weighted by Crippen LogP contribution is 2.29. The summed E-state index contributed by atoms with van der Waals surface area (Å²) < 4.78 is 9.65. The van der Waals surface area contributed by atoms with Crippen LogP contribution in [0.5, 0.6) is 0 Å². The minimum atomic E-state index is -0.231. The van der Waals surface area contributed by atoms with E-state index in [2.05, 4.69) is 0 Å². The van der Waals surface area contributed by atoms with Gasteiger partial charge in [0.1, 0.15) is 0 Å². The number of methoxy groups -OCH3 is 1. The van der Waals surface area contributed by atoms with Crippen LogP contribution >= 0.6 is 0 Å². The van der Waals surface area contributed by atoms with Gasteiger partial charge in [-0.25, -0.2) is 0 Å². The van der Waals surface area contributed by atoms with Crippen molar-refractivity contribution in [1.82, 2.24) is 0 Å². The van der Waals surface area contributed by atoms with Gasteiger partial charge in [0.05, 0.1) is 19.6 Å². The van der Waals surface area contributed by atoms with E-state index in [1.807, 2.05) is 0 Å². The first-order chi connectivity index (χ1) is 7.13. The van der Waals surface area contributed by atoms with Crippen molar-refractivity contribution in [1.29, 1.82) is 0 Å². The second kappa shape index (κ2) is 5.73. The molecule has 0 saturated heterocycles. The van der Waals surface area contributed by atoms with Crippen LogP contribution < -0.4 is 0 Å². The van der Waals surface area contributed by atoms with Gasteiger partial charge in [0.2, 0.25) is 0 Å². The van der Waals surface area contributed by atoms with E-state index in [9.17, 15) is 9.59 Å². The zero-order chi connectivity index (χ0) is 11.3. The van der Waals surface area contributed by atoms with Gasteiger partial charge in [-0.1, -0.05) is 0 Å². The number of carbonyl (C=O) groups excluding carboxylic acids is 2. The van der Waals surface area contributed by atoms with Crippen molar-refractivity contribution in [2.24, 2.45) is 11.8 Å². The smallest absolute Gasteiger partial charge is 0.308 e. The van der Waals surface area contributed by atoms with Crippen molar-refractivity contribution >= 4 is 11.9 Å². The number of ether oxygens (including phenoxy) is 2. The molecule has 0 N–H and O–H groups in total. The third-order valence-electron chi connectivity index (χ3n) is 2.90. The molecular weight excluding hydrogens is 196 g/mol. The molecule has 0 spiro atoms. The van der Waals surface area contributed by atoms with Gasteiger partial charge in [0.25, 0.3) is 0 Å². The average molecular weight is 214 g/mol. The van der Waals surface area contributed by atoms with Crippen LogP contribution in [0.15, 0.2) is 0 Å². The van der Waals surface area contributed by atoms with Gasteiger partial charge in [-0.15, -0.1) is 0 Å². The normalized spacial score (nSPS) is 25.7. The summed E-state index contributed by atoms with van der Waals surface area (Å²) in [6.07, 6.45) is 3.57. The van der Waals surface area contributed by atoms with E-state index in [0.717, 1.165) is 25.7 Å². The molecule has 15 heavy (non-hydrogen) atoms. The summed E-state index contributed by atoms with van der Waals surface area (Å²) in [6, 6.07) is 0. The standard InChI is InChI=1S/C11H18O4/c1-8(12)15-7-9-3-5-10(6-4-9)11(13)14-2/h9-10H,3-7H2,1-2H3. The summed E-state index contributed by atoms with van der Waals surface area (Å²) in [5.74, 6) is 0.115. The van der Waals surface area contributed by atoms with Crippen LogP contribution in [0.1, 0.15) is 32.6 Å². The van der Waals surface area contributed by atoms with Gasteiger partial charge in [-0.2, -0.15) is 0 Å². The van der Waals surface area contributed by atoms with Crippen molar-refractivity contribution in [3.05, 3.63) is 0 Å². The highest BCUT2D eigenvalue weighted by Gasteiger charge is 2.27. The minimum absolute atomic E-state index is 0.0450.